The highest BCUT2D eigenvalue weighted by atomic mass is 16.6. The molecule has 0 unspecified atom stereocenters. The van der Waals surface area contributed by atoms with Crippen LogP contribution in [-0.2, 0) is 9.47 Å². The summed E-state index contributed by atoms with van der Waals surface area (Å²) in [4.78, 5) is 26.1. The molecule has 0 spiro atoms. The smallest absolute Gasteiger partial charge is 0.419 e. The molecule has 2 aromatic rings. The minimum atomic E-state index is -0.563. The number of aryl methyl sites for hydroxylation is 1. The molecule has 0 aliphatic carbocycles. The Bertz CT molecular complexity index is 825. The highest BCUT2D eigenvalue weighted by molar-refractivity contribution is 5.90. The summed E-state index contributed by atoms with van der Waals surface area (Å²) in [6, 6.07) is 14.2. The molecule has 0 saturated heterocycles. The Morgan fingerprint density at radius 1 is 1.03 bits per heavy atom. The predicted molar refractivity (Wildman–Crippen MR) is 117 cm³/mol. The van der Waals surface area contributed by atoms with Crippen molar-refractivity contribution in [2.24, 2.45) is 0 Å². The number of amides is 2. The first-order valence-electron chi connectivity index (χ1n) is 10.2. The van der Waals surface area contributed by atoms with Crippen LogP contribution < -0.4 is 15.0 Å². The third-order valence-electron chi connectivity index (χ3n) is 4.20. The normalized spacial score (nSPS) is 10.4. The number of benzene rings is 2. The van der Waals surface area contributed by atoms with Crippen LogP contribution in [-0.4, -0.2) is 38.6 Å². The van der Waals surface area contributed by atoms with E-state index in [1.54, 1.807) is 36.1 Å². The van der Waals surface area contributed by atoms with Crippen LogP contribution in [0.5, 0.6) is 5.75 Å². The summed E-state index contributed by atoms with van der Waals surface area (Å²) in [7, 11) is 0. The van der Waals surface area contributed by atoms with E-state index in [1.807, 2.05) is 31.2 Å². The molecule has 0 heterocycles. The molecule has 7 nitrogen and oxygen atoms in total. The number of unbranched alkanes of at least 4 members (excludes halogenated alkanes) is 1. The van der Waals surface area contributed by atoms with Crippen molar-refractivity contribution >= 4 is 23.6 Å². The first-order valence-corrected chi connectivity index (χ1v) is 10.2. The third-order valence-corrected chi connectivity index (χ3v) is 4.20. The van der Waals surface area contributed by atoms with Gasteiger partial charge in [0.1, 0.15) is 5.75 Å². The van der Waals surface area contributed by atoms with Crippen molar-refractivity contribution in [3.05, 3.63) is 54.1 Å². The molecule has 0 aromatic heterocycles. The van der Waals surface area contributed by atoms with E-state index < -0.39 is 12.2 Å². The largest absolute Gasteiger partial charge is 0.450 e. The van der Waals surface area contributed by atoms with Crippen LogP contribution in [0.3, 0.4) is 0 Å². The zero-order chi connectivity index (χ0) is 21.8. The minimum Gasteiger partial charge on any atom is -0.450 e. The van der Waals surface area contributed by atoms with E-state index in [9.17, 15) is 9.59 Å². The van der Waals surface area contributed by atoms with Gasteiger partial charge in [-0.25, -0.2) is 9.59 Å². The average molecular weight is 415 g/mol. The molecule has 0 bridgehead atoms. The average Bonchev–Trinajstić information content (AvgIpc) is 2.71. The lowest BCUT2D eigenvalue weighted by Gasteiger charge is -2.22. The summed E-state index contributed by atoms with van der Waals surface area (Å²) in [5.74, 6) is 0.318. The Balaban J connectivity index is 2.08. The maximum Gasteiger partial charge on any atom is 0.419 e. The summed E-state index contributed by atoms with van der Waals surface area (Å²) in [6.07, 6.45) is 0.953. The predicted octanol–water partition coefficient (Wildman–Crippen LogP) is 5.39. The molecule has 2 rings (SSSR count). The van der Waals surface area contributed by atoms with E-state index in [2.05, 4.69) is 12.2 Å². The molecule has 2 aromatic carbocycles. The Kier molecular flexibility index (Phi) is 9.67. The molecule has 30 heavy (non-hydrogen) atoms. The quantitative estimate of drug-likeness (QED) is 0.528. The monoisotopic (exact) mass is 414 g/mol. The molecule has 0 fully saturated rings. The Morgan fingerprint density at radius 3 is 2.57 bits per heavy atom. The van der Waals surface area contributed by atoms with Gasteiger partial charge in [0.2, 0.25) is 0 Å². The first kappa shape index (κ1) is 23.2. The summed E-state index contributed by atoms with van der Waals surface area (Å²) in [5.41, 5.74) is 2.25. The number of rotatable bonds is 10. The number of carbonyl (C=O) groups is 2. The van der Waals surface area contributed by atoms with Gasteiger partial charge in [0.15, 0.2) is 0 Å². The van der Waals surface area contributed by atoms with E-state index in [-0.39, 0.29) is 6.61 Å². The van der Waals surface area contributed by atoms with Gasteiger partial charge in [0.05, 0.1) is 19.8 Å². The molecule has 7 heteroatoms. The van der Waals surface area contributed by atoms with Crippen molar-refractivity contribution in [1.29, 1.82) is 0 Å². The molecular formula is C23H30N2O5. The van der Waals surface area contributed by atoms with Crippen LogP contribution in [0.2, 0.25) is 0 Å². The van der Waals surface area contributed by atoms with Crippen molar-refractivity contribution in [1.82, 2.24) is 0 Å². The van der Waals surface area contributed by atoms with Gasteiger partial charge in [0.25, 0.3) is 0 Å². The van der Waals surface area contributed by atoms with Gasteiger partial charge >= 0.3 is 12.2 Å². The topological polar surface area (TPSA) is 77.1 Å². The summed E-state index contributed by atoms with van der Waals surface area (Å²) < 4.78 is 16.1. The molecule has 1 N–H and O–H groups in total. The molecule has 0 radical (unpaired) electrons. The summed E-state index contributed by atoms with van der Waals surface area (Å²) in [5, 5.41) is 2.59. The van der Waals surface area contributed by atoms with E-state index in [0.717, 1.165) is 24.1 Å². The van der Waals surface area contributed by atoms with Gasteiger partial charge in [-0.1, -0.05) is 31.5 Å². The van der Waals surface area contributed by atoms with Crippen LogP contribution in [0.25, 0.3) is 0 Å². The van der Waals surface area contributed by atoms with Crippen molar-refractivity contribution in [2.75, 3.05) is 36.6 Å². The fourth-order valence-electron chi connectivity index (χ4n) is 2.70. The lowest BCUT2D eigenvalue weighted by molar-refractivity contribution is 0.135. The van der Waals surface area contributed by atoms with Crippen LogP contribution in [0.4, 0.5) is 21.0 Å². The van der Waals surface area contributed by atoms with Gasteiger partial charge < -0.3 is 14.2 Å². The van der Waals surface area contributed by atoms with Gasteiger partial charge in [-0.2, -0.15) is 0 Å². The lowest BCUT2D eigenvalue weighted by Crippen LogP contribution is -2.36. The molecule has 0 saturated carbocycles. The third kappa shape index (κ3) is 7.75. The van der Waals surface area contributed by atoms with Crippen molar-refractivity contribution in [3.63, 3.8) is 0 Å². The zero-order valence-electron chi connectivity index (χ0n) is 17.8. The maximum atomic E-state index is 12.9. The second kappa shape index (κ2) is 12.5. The van der Waals surface area contributed by atoms with Crippen molar-refractivity contribution in [2.45, 2.75) is 33.6 Å². The highest BCUT2D eigenvalue weighted by Gasteiger charge is 2.18. The number of carbonyl (C=O) groups excluding carboxylic acids is 2. The van der Waals surface area contributed by atoms with Gasteiger partial charge in [-0.05, 0) is 50.1 Å². The van der Waals surface area contributed by atoms with E-state index >= 15 is 0 Å². The second-order valence-electron chi connectivity index (χ2n) is 6.70. The van der Waals surface area contributed by atoms with E-state index in [4.69, 9.17) is 14.2 Å². The number of hydrogen-bond donors (Lipinski definition) is 1. The van der Waals surface area contributed by atoms with Gasteiger partial charge in [0, 0.05) is 24.0 Å². The number of ether oxygens (including phenoxy) is 3. The summed E-state index contributed by atoms with van der Waals surface area (Å²) >= 11 is 0. The van der Waals surface area contributed by atoms with Crippen molar-refractivity contribution < 1.29 is 23.8 Å². The van der Waals surface area contributed by atoms with Gasteiger partial charge in [-0.3, -0.25) is 10.2 Å². The molecule has 162 valence electrons. The fourth-order valence-corrected chi connectivity index (χ4v) is 2.70. The van der Waals surface area contributed by atoms with Crippen LogP contribution >= 0.6 is 0 Å². The lowest BCUT2D eigenvalue weighted by atomic mass is 10.2. The number of nitrogens with zero attached hydrogens (tertiary/aromatic N) is 1. The van der Waals surface area contributed by atoms with Crippen LogP contribution in [0, 0.1) is 6.92 Å². The molecule has 0 atom stereocenters. The first-order chi connectivity index (χ1) is 14.5. The molecule has 2 amide bonds. The van der Waals surface area contributed by atoms with Crippen molar-refractivity contribution in [3.8, 4) is 5.75 Å². The Morgan fingerprint density at radius 2 is 1.83 bits per heavy atom. The zero-order valence-corrected chi connectivity index (χ0v) is 17.8. The Labute approximate surface area is 177 Å². The molecule has 0 aliphatic rings. The SMILES string of the molecule is CCCCOCCN(C(=O)Oc1cccc(NC(=O)OCC)c1)c1cccc(C)c1. The fraction of sp³-hybridized carbons (Fsp3) is 0.391. The van der Waals surface area contributed by atoms with Gasteiger partial charge in [-0.15, -0.1) is 0 Å². The number of anilines is 2. The maximum absolute atomic E-state index is 12.9. The van der Waals surface area contributed by atoms with E-state index in [1.165, 1.54) is 0 Å². The summed E-state index contributed by atoms with van der Waals surface area (Å²) in [6.45, 7) is 7.50. The molecular weight excluding hydrogens is 384 g/mol. The Hall–Kier alpha value is -3.06. The number of hydrogen-bond acceptors (Lipinski definition) is 5. The van der Waals surface area contributed by atoms with Crippen LogP contribution in [0.15, 0.2) is 48.5 Å². The highest BCUT2D eigenvalue weighted by Crippen LogP contribution is 2.21. The second-order valence-corrected chi connectivity index (χ2v) is 6.70. The molecule has 0 aliphatic heterocycles. The standard InChI is InChI=1S/C23H30N2O5/c1-4-6-14-28-15-13-25(20-11-7-9-18(3)16-20)23(27)30-21-12-8-10-19(17-21)24-22(26)29-5-2/h7-12,16-17H,4-6,13-15H2,1-3H3,(H,24,26). The van der Waals surface area contributed by atoms with Crippen LogP contribution in [0.1, 0.15) is 32.3 Å². The number of nitrogens with one attached hydrogen (secondary N) is 1. The minimum absolute atomic E-state index is 0.270. The van der Waals surface area contributed by atoms with E-state index in [0.29, 0.717) is 31.2 Å².